The molecule has 0 spiro atoms. The molecule has 1 aromatic carbocycles. The van der Waals surface area contributed by atoms with Crippen LogP contribution in [0.5, 0.6) is 0 Å². The van der Waals surface area contributed by atoms with Crippen LogP contribution in [0, 0.1) is 0 Å². The number of carbonyl (C=O) groups is 2. The first kappa shape index (κ1) is 16.8. The number of ether oxygens (including phenoxy) is 1. The third-order valence-corrected chi connectivity index (χ3v) is 2.22. The Bertz CT molecular complexity index is 532. The molecule has 0 saturated heterocycles. The van der Waals surface area contributed by atoms with E-state index in [1.807, 2.05) is 0 Å². The van der Waals surface area contributed by atoms with Gasteiger partial charge in [-0.05, 0) is 18.2 Å². The summed E-state index contributed by atoms with van der Waals surface area (Å²) >= 11 is 0. The summed E-state index contributed by atoms with van der Waals surface area (Å²) < 4.78 is 79.1. The van der Waals surface area contributed by atoms with E-state index in [1.165, 1.54) is 0 Å². The molecule has 0 atom stereocenters. The van der Waals surface area contributed by atoms with Crippen LogP contribution in [0.3, 0.4) is 0 Å². The number of carbonyl (C=O) groups excluding carboxylic acids is 2. The van der Waals surface area contributed by atoms with E-state index in [0.29, 0.717) is 0 Å². The highest BCUT2D eigenvalue weighted by Crippen LogP contribution is 2.37. The van der Waals surface area contributed by atoms with Crippen LogP contribution in [-0.4, -0.2) is 19.0 Å². The van der Waals surface area contributed by atoms with Crippen LogP contribution >= 0.6 is 0 Å². The van der Waals surface area contributed by atoms with Crippen molar-refractivity contribution in [3.8, 4) is 0 Å². The van der Waals surface area contributed by atoms with Gasteiger partial charge >= 0.3 is 24.2 Å². The fourth-order valence-electron chi connectivity index (χ4n) is 1.30. The topological polar surface area (TPSA) is 55.4 Å². The number of benzene rings is 1. The summed E-state index contributed by atoms with van der Waals surface area (Å²) in [6.45, 7) is 0. The molecule has 0 aliphatic heterocycles. The lowest BCUT2D eigenvalue weighted by Crippen LogP contribution is -2.24. The van der Waals surface area contributed by atoms with Gasteiger partial charge in [-0.15, -0.1) is 0 Å². The quantitative estimate of drug-likeness (QED) is 0.492. The molecule has 0 fully saturated rings. The Balaban J connectivity index is 3.26. The minimum absolute atomic E-state index is 0.103. The molecule has 0 aliphatic rings. The highest BCUT2D eigenvalue weighted by molar-refractivity contribution is 6.37. The van der Waals surface area contributed by atoms with Crippen molar-refractivity contribution in [2.75, 3.05) is 12.4 Å². The molecule has 21 heavy (non-hydrogen) atoms. The molecule has 116 valence electrons. The Hall–Kier alpha value is -2.26. The van der Waals surface area contributed by atoms with Gasteiger partial charge in [0.15, 0.2) is 0 Å². The standard InChI is InChI=1S/C11H7F6NO3/c1-21-9(20)8(19)18-7-3-5(10(12,13)14)2-6(4-7)11(15,16)17/h2-4H,1H3,(H,18,19). The van der Waals surface area contributed by atoms with Crippen LogP contribution in [0.1, 0.15) is 11.1 Å². The van der Waals surface area contributed by atoms with Gasteiger partial charge in [-0.1, -0.05) is 0 Å². The summed E-state index contributed by atoms with van der Waals surface area (Å²) in [7, 11) is 0.829. The lowest BCUT2D eigenvalue weighted by molar-refractivity contribution is -0.150. The SMILES string of the molecule is COC(=O)C(=O)Nc1cc(C(F)(F)F)cc(C(F)(F)F)c1. The number of hydrogen-bond donors (Lipinski definition) is 1. The summed E-state index contributed by atoms with van der Waals surface area (Å²) in [5, 5.41) is 1.60. The van der Waals surface area contributed by atoms with Gasteiger partial charge in [-0.3, -0.25) is 4.79 Å². The molecule has 1 amide bonds. The molecule has 0 aliphatic carbocycles. The summed E-state index contributed by atoms with van der Waals surface area (Å²) in [5.74, 6) is -2.95. The average molecular weight is 315 g/mol. The third-order valence-electron chi connectivity index (χ3n) is 2.22. The number of rotatable bonds is 1. The Morgan fingerprint density at radius 2 is 1.38 bits per heavy atom. The van der Waals surface area contributed by atoms with Gasteiger partial charge in [0.2, 0.25) is 0 Å². The van der Waals surface area contributed by atoms with E-state index in [9.17, 15) is 35.9 Å². The molecule has 0 heterocycles. The molecule has 1 aromatic rings. The van der Waals surface area contributed by atoms with Crippen molar-refractivity contribution in [1.82, 2.24) is 0 Å². The fourth-order valence-corrected chi connectivity index (χ4v) is 1.30. The largest absolute Gasteiger partial charge is 0.462 e. The second kappa shape index (κ2) is 5.62. The number of anilines is 1. The number of alkyl halides is 6. The van der Waals surface area contributed by atoms with E-state index in [1.54, 1.807) is 5.32 Å². The highest BCUT2D eigenvalue weighted by Gasteiger charge is 2.37. The minimum atomic E-state index is -5.05. The Kier molecular flexibility index (Phi) is 4.49. The second-order valence-electron chi connectivity index (χ2n) is 3.74. The molecule has 0 unspecified atom stereocenters. The summed E-state index contributed by atoms with van der Waals surface area (Å²) in [4.78, 5) is 21.9. The number of esters is 1. The molecular weight excluding hydrogens is 308 g/mol. The molecule has 0 aromatic heterocycles. The van der Waals surface area contributed by atoms with Gasteiger partial charge in [-0.2, -0.15) is 26.3 Å². The van der Waals surface area contributed by atoms with Crippen molar-refractivity contribution in [3.05, 3.63) is 29.3 Å². The van der Waals surface area contributed by atoms with E-state index in [2.05, 4.69) is 4.74 Å². The predicted molar refractivity (Wildman–Crippen MR) is 57.1 cm³/mol. The maximum absolute atomic E-state index is 12.5. The maximum Gasteiger partial charge on any atom is 0.416 e. The summed E-state index contributed by atoms with van der Waals surface area (Å²) in [5.41, 5.74) is -4.05. The molecule has 0 saturated carbocycles. The molecule has 1 rings (SSSR count). The lowest BCUT2D eigenvalue weighted by atomic mass is 10.1. The van der Waals surface area contributed by atoms with Crippen LogP contribution in [0.25, 0.3) is 0 Å². The van der Waals surface area contributed by atoms with Crippen LogP contribution in [-0.2, 0) is 26.7 Å². The second-order valence-corrected chi connectivity index (χ2v) is 3.74. The van der Waals surface area contributed by atoms with Crippen LogP contribution in [0.4, 0.5) is 32.0 Å². The summed E-state index contributed by atoms with van der Waals surface area (Å²) in [6.07, 6.45) is -10.1. The van der Waals surface area contributed by atoms with Crippen molar-refractivity contribution in [2.24, 2.45) is 0 Å². The van der Waals surface area contributed by atoms with Gasteiger partial charge in [0.05, 0.1) is 18.2 Å². The van der Waals surface area contributed by atoms with Crippen molar-refractivity contribution in [1.29, 1.82) is 0 Å². The fraction of sp³-hybridized carbons (Fsp3) is 0.273. The zero-order valence-corrected chi connectivity index (χ0v) is 10.2. The monoisotopic (exact) mass is 315 g/mol. The average Bonchev–Trinajstić information content (AvgIpc) is 2.35. The molecule has 10 heteroatoms. The summed E-state index contributed by atoms with van der Waals surface area (Å²) in [6, 6.07) is 0.444. The third kappa shape index (κ3) is 4.36. The Morgan fingerprint density at radius 3 is 1.71 bits per heavy atom. The molecule has 0 bridgehead atoms. The zero-order chi connectivity index (χ0) is 16.4. The molecule has 1 N–H and O–H groups in total. The highest BCUT2D eigenvalue weighted by atomic mass is 19.4. The normalized spacial score (nSPS) is 12.0. The van der Waals surface area contributed by atoms with Crippen LogP contribution in [0.15, 0.2) is 18.2 Å². The molecular formula is C11H7F6NO3. The van der Waals surface area contributed by atoms with Crippen LogP contribution < -0.4 is 5.32 Å². The minimum Gasteiger partial charge on any atom is -0.462 e. The number of nitrogens with one attached hydrogen (secondary N) is 1. The predicted octanol–water partition coefficient (Wildman–Crippen LogP) is 2.84. The number of halogens is 6. The van der Waals surface area contributed by atoms with E-state index in [0.717, 1.165) is 7.11 Å². The number of hydrogen-bond acceptors (Lipinski definition) is 3. The van der Waals surface area contributed by atoms with Gasteiger partial charge in [0.25, 0.3) is 0 Å². The van der Waals surface area contributed by atoms with Crippen LogP contribution in [0.2, 0.25) is 0 Å². The van der Waals surface area contributed by atoms with E-state index in [4.69, 9.17) is 0 Å². The molecule has 0 radical (unpaired) electrons. The van der Waals surface area contributed by atoms with Crippen molar-refractivity contribution in [2.45, 2.75) is 12.4 Å². The van der Waals surface area contributed by atoms with E-state index >= 15 is 0 Å². The number of amides is 1. The smallest absolute Gasteiger partial charge is 0.416 e. The van der Waals surface area contributed by atoms with E-state index < -0.39 is 41.0 Å². The first-order valence-electron chi connectivity index (χ1n) is 5.14. The maximum atomic E-state index is 12.5. The lowest BCUT2D eigenvalue weighted by Gasteiger charge is -2.14. The van der Waals surface area contributed by atoms with Gasteiger partial charge in [0.1, 0.15) is 0 Å². The Morgan fingerprint density at radius 1 is 0.952 bits per heavy atom. The number of methoxy groups -OCH3 is 1. The van der Waals surface area contributed by atoms with Crippen molar-refractivity contribution < 1.29 is 40.7 Å². The van der Waals surface area contributed by atoms with Gasteiger partial charge < -0.3 is 10.1 Å². The first-order chi connectivity index (χ1) is 9.45. The van der Waals surface area contributed by atoms with Gasteiger partial charge in [-0.25, -0.2) is 4.79 Å². The van der Waals surface area contributed by atoms with Gasteiger partial charge in [0, 0.05) is 5.69 Å². The first-order valence-corrected chi connectivity index (χ1v) is 5.14. The van der Waals surface area contributed by atoms with E-state index in [-0.39, 0.29) is 18.2 Å². The van der Waals surface area contributed by atoms with Crippen molar-refractivity contribution >= 4 is 17.6 Å². The zero-order valence-electron chi connectivity index (χ0n) is 10.2. The van der Waals surface area contributed by atoms with Crippen molar-refractivity contribution in [3.63, 3.8) is 0 Å². The Labute approximate surface area is 113 Å². The molecule has 4 nitrogen and oxygen atoms in total.